The van der Waals surface area contributed by atoms with Crippen molar-refractivity contribution in [1.29, 1.82) is 0 Å². The summed E-state index contributed by atoms with van der Waals surface area (Å²) in [4.78, 5) is 39.9. The predicted octanol–water partition coefficient (Wildman–Crippen LogP) is 4.32. The Hall–Kier alpha value is -2.81. The Morgan fingerprint density at radius 2 is 1.97 bits per heavy atom. The fourth-order valence-electron chi connectivity index (χ4n) is 3.79. The van der Waals surface area contributed by atoms with Gasteiger partial charge in [0.25, 0.3) is 18.2 Å². The molecule has 2 N–H and O–H groups in total. The topological polar surface area (TPSA) is 91.0 Å². The van der Waals surface area contributed by atoms with Crippen LogP contribution in [0.5, 0.6) is 0 Å². The van der Waals surface area contributed by atoms with Gasteiger partial charge in [-0.15, -0.1) is 11.3 Å². The molecule has 0 unspecified atom stereocenters. The first kappa shape index (κ1) is 29.7. The SMILES string of the molecule is CCN(CC(F)(F)F)[C@H](CNC(=O)c1ccc(Cl)s1)C(=O)Nc1ccc(N2CCOCC2=O)cc1C(F)F. The van der Waals surface area contributed by atoms with Crippen LogP contribution in [0.2, 0.25) is 4.34 Å². The third kappa shape index (κ3) is 7.85. The fraction of sp³-hybridized carbons (Fsp3) is 0.435. The highest BCUT2D eigenvalue weighted by atomic mass is 35.5. The van der Waals surface area contributed by atoms with Gasteiger partial charge in [-0.1, -0.05) is 18.5 Å². The van der Waals surface area contributed by atoms with Crippen molar-refractivity contribution in [2.75, 3.05) is 49.6 Å². The molecule has 1 atom stereocenters. The maximum atomic E-state index is 13.9. The first-order chi connectivity index (χ1) is 17.9. The van der Waals surface area contributed by atoms with Crippen molar-refractivity contribution >= 4 is 52.0 Å². The standard InChI is InChI=1S/C23H24ClF5N4O4S/c1-2-32(12-23(27,28)29)16(10-30-22(36)17-5-6-18(24)38-17)21(35)31-15-4-3-13(9-14(15)20(25)26)33-7-8-37-11-19(33)34/h3-6,9,16,20H,2,7-8,10-12H2,1H3,(H,30,36)(H,31,35)/t16-/m1/s1. The lowest BCUT2D eigenvalue weighted by molar-refractivity contribution is -0.153. The molecule has 0 radical (unpaired) electrons. The van der Waals surface area contributed by atoms with E-state index in [4.69, 9.17) is 16.3 Å². The van der Waals surface area contributed by atoms with Crippen molar-refractivity contribution in [3.05, 3.63) is 45.1 Å². The van der Waals surface area contributed by atoms with E-state index < -0.39 is 55.0 Å². The number of rotatable bonds is 10. The van der Waals surface area contributed by atoms with Crippen LogP contribution < -0.4 is 15.5 Å². The second-order valence-corrected chi connectivity index (χ2v) is 9.88. The van der Waals surface area contributed by atoms with Crippen molar-refractivity contribution in [1.82, 2.24) is 10.2 Å². The van der Waals surface area contributed by atoms with E-state index >= 15 is 0 Å². The van der Waals surface area contributed by atoms with Crippen LogP contribution in [0.3, 0.4) is 0 Å². The molecule has 2 aromatic rings. The van der Waals surface area contributed by atoms with E-state index in [9.17, 15) is 36.3 Å². The maximum Gasteiger partial charge on any atom is 0.401 e. The number of hydrogen-bond donors (Lipinski definition) is 2. The van der Waals surface area contributed by atoms with Gasteiger partial charge in [0.1, 0.15) is 12.6 Å². The van der Waals surface area contributed by atoms with Crippen LogP contribution in [0.25, 0.3) is 0 Å². The summed E-state index contributed by atoms with van der Waals surface area (Å²) in [5, 5.41) is 4.69. The molecule has 1 aromatic carbocycles. The van der Waals surface area contributed by atoms with Crippen LogP contribution in [0.4, 0.5) is 33.3 Å². The van der Waals surface area contributed by atoms with Crippen molar-refractivity contribution in [2.45, 2.75) is 25.6 Å². The number of alkyl halides is 5. The molecular weight excluding hydrogens is 559 g/mol. The minimum Gasteiger partial charge on any atom is -0.370 e. The van der Waals surface area contributed by atoms with Gasteiger partial charge in [-0.25, -0.2) is 8.78 Å². The number of halogens is 6. The minimum absolute atomic E-state index is 0.146. The zero-order valence-corrected chi connectivity index (χ0v) is 21.6. The summed E-state index contributed by atoms with van der Waals surface area (Å²) in [6.45, 7) is -0.682. The van der Waals surface area contributed by atoms with Crippen LogP contribution in [0.15, 0.2) is 30.3 Å². The van der Waals surface area contributed by atoms with Gasteiger partial charge in [-0.05, 0) is 36.9 Å². The first-order valence-electron chi connectivity index (χ1n) is 11.3. The molecular formula is C23H24ClF5N4O4S. The lowest BCUT2D eigenvalue weighted by Gasteiger charge is -2.31. The third-order valence-corrected chi connectivity index (χ3v) is 6.84. The van der Waals surface area contributed by atoms with Gasteiger partial charge in [0, 0.05) is 30.0 Å². The number of nitrogens with zero attached hydrogens (tertiary/aromatic N) is 2. The van der Waals surface area contributed by atoms with E-state index in [1.54, 1.807) is 0 Å². The summed E-state index contributed by atoms with van der Waals surface area (Å²) in [6.07, 6.45) is -7.74. The molecule has 3 rings (SSSR count). The molecule has 2 heterocycles. The second-order valence-electron chi connectivity index (χ2n) is 8.17. The van der Waals surface area contributed by atoms with Gasteiger partial charge in [0.15, 0.2) is 0 Å². The van der Waals surface area contributed by atoms with Gasteiger partial charge >= 0.3 is 6.18 Å². The molecule has 1 aliphatic heterocycles. The van der Waals surface area contributed by atoms with E-state index in [0.29, 0.717) is 4.34 Å². The zero-order valence-electron chi connectivity index (χ0n) is 20.0. The summed E-state index contributed by atoms with van der Waals surface area (Å²) in [6, 6.07) is 4.87. The molecule has 15 heteroatoms. The van der Waals surface area contributed by atoms with E-state index in [1.807, 2.05) is 0 Å². The summed E-state index contributed by atoms with van der Waals surface area (Å²) in [5.74, 6) is -2.12. The van der Waals surface area contributed by atoms with E-state index in [0.717, 1.165) is 28.4 Å². The second kappa shape index (κ2) is 12.8. The highest BCUT2D eigenvalue weighted by molar-refractivity contribution is 7.18. The Morgan fingerprint density at radius 1 is 1.24 bits per heavy atom. The van der Waals surface area contributed by atoms with Crippen molar-refractivity contribution in [3.63, 3.8) is 0 Å². The van der Waals surface area contributed by atoms with E-state index in [1.165, 1.54) is 30.0 Å². The molecule has 1 saturated heterocycles. The van der Waals surface area contributed by atoms with Crippen LogP contribution in [0, 0.1) is 0 Å². The van der Waals surface area contributed by atoms with Crippen LogP contribution in [-0.4, -0.2) is 74.2 Å². The van der Waals surface area contributed by atoms with Crippen molar-refractivity contribution in [2.24, 2.45) is 0 Å². The number of morpholine rings is 1. The molecule has 1 fully saturated rings. The monoisotopic (exact) mass is 582 g/mol. The number of carbonyl (C=O) groups is 3. The normalized spacial score (nSPS) is 15.2. The minimum atomic E-state index is -4.67. The summed E-state index contributed by atoms with van der Waals surface area (Å²) in [7, 11) is 0. The maximum absolute atomic E-state index is 13.9. The largest absolute Gasteiger partial charge is 0.401 e. The van der Waals surface area contributed by atoms with E-state index in [2.05, 4.69) is 10.6 Å². The molecule has 1 aliphatic rings. The Morgan fingerprint density at radius 3 is 2.55 bits per heavy atom. The molecule has 8 nitrogen and oxygen atoms in total. The average molecular weight is 583 g/mol. The summed E-state index contributed by atoms with van der Waals surface area (Å²) < 4.78 is 72.8. The fourth-order valence-corrected chi connectivity index (χ4v) is 4.75. The molecule has 0 spiro atoms. The number of anilines is 2. The van der Waals surface area contributed by atoms with Gasteiger partial charge in [0.2, 0.25) is 5.91 Å². The quantitative estimate of drug-likeness (QED) is 0.407. The molecule has 1 aromatic heterocycles. The molecule has 0 saturated carbocycles. The van der Waals surface area contributed by atoms with Crippen LogP contribution in [-0.2, 0) is 14.3 Å². The van der Waals surface area contributed by atoms with Gasteiger partial charge in [-0.3, -0.25) is 19.3 Å². The number of nitrogens with one attached hydrogen (secondary N) is 2. The number of benzene rings is 1. The predicted molar refractivity (Wildman–Crippen MR) is 132 cm³/mol. The van der Waals surface area contributed by atoms with Crippen molar-refractivity contribution in [3.8, 4) is 0 Å². The number of ether oxygens (including phenoxy) is 1. The zero-order chi connectivity index (χ0) is 28.0. The van der Waals surface area contributed by atoms with Gasteiger partial charge in [0.05, 0.1) is 22.4 Å². The molecule has 0 aliphatic carbocycles. The van der Waals surface area contributed by atoms with Crippen molar-refractivity contribution < 1.29 is 41.1 Å². The Kier molecular flexibility index (Phi) is 10.0. The first-order valence-corrected chi connectivity index (χ1v) is 12.5. The van der Waals surface area contributed by atoms with Gasteiger partial charge < -0.3 is 20.3 Å². The number of likely N-dealkylation sites (N-methyl/N-ethyl adjacent to an activating group) is 1. The highest BCUT2D eigenvalue weighted by Gasteiger charge is 2.36. The molecule has 3 amide bonds. The molecule has 0 bridgehead atoms. The third-order valence-electron chi connectivity index (χ3n) is 5.61. The summed E-state index contributed by atoms with van der Waals surface area (Å²) in [5.41, 5.74) is -0.791. The molecule has 38 heavy (non-hydrogen) atoms. The van der Waals surface area contributed by atoms with Crippen LogP contribution >= 0.6 is 22.9 Å². The molecule has 208 valence electrons. The Bertz CT molecular complexity index is 1160. The lowest BCUT2D eigenvalue weighted by atomic mass is 10.1. The summed E-state index contributed by atoms with van der Waals surface area (Å²) >= 11 is 6.76. The highest BCUT2D eigenvalue weighted by Crippen LogP contribution is 2.32. The average Bonchev–Trinajstić information content (AvgIpc) is 3.29. The lowest BCUT2D eigenvalue weighted by Crippen LogP contribution is -2.53. The van der Waals surface area contributed by atoms with Crippen LogP contribution in [0.1, 0.15) is 28.6 Å². The Labute approximate surface area is 223 Å². The smallest absolute Gasteiger partial charge is 0.370 e. The number of thiophene rings is 1. The van der Waals surface area contributed by atoms with Gasteiger partial charge in [-0.2, -0.15) is 13.2 Å². The van der Waals surface area contributed by atoms with E-state index in [-0.39, 0.29) is 42.6 Å². The Balaban J connectivity index is 1.84. The number of carbonyl (C=O) groups excluding carboxylic acids is 3. The number of hydrogen-bond acceptors (Lipinski definition) is 6. The number of amides is 3.